The Morgan fingerprint density at radius 1 is 1.27 bits per heavy atom. The van der Waals surface area contributed by atoms with E-state index < -0.39 is 6.04 Å². The van der Waals surface area contributed by atoms with Gasteiger partial charge in [0.05, 0.1) is 18.8 Å². The molecule has 0 saturated heterocycles. The first-order valence-electron chi connectivity index (χ1n) is 10.3. The average molecular weight is 450 g/mol. The van der Waals surface area contributed by atoms with Crippen molar-refractivity contribution in [2.75, 3.05) is 19.5 Å². The molecule has 3 N–H and O–H groups in total. The van der Waals surface area contributed by atoms with Crippen LogP contribution in [0.4, 0.5) is 11.4 Å². The summed E-state index contributed by atoms with van der Waals surface area (Å²) in [6, 6.07) is 9.64. The lowest BCUT2D eigenvalue weighted by Crippen LogP contribution is -2.37. The van der Waals surface area contributed by atoms with Crippen LogP contribution in [-0.2, 0) is 9.59 Å². The van der Waals surface area contributed by atoms with Gasteiger partial charge in [0.2, 0.25) is 12.3 Å². The fraction of sp³-hybridized carbons (Fsp3) is 0.250. The number of carbonyl (C=O) groups is 3. The van der Waals surface area contributed by atoms with Crippen molar-refractivity contribution in [3.8, 4) is 11.5 Å². The molecule has 9 nitrogen and oxygen atoms in total. The molecular formula is C24H26N4O5. The van der Waals surface area contributed by atoms with Gasteiger partial charge in [0, 0.05) is 36.8 Å². The summed E-state index contributed by atoms with van der Waals surface area (Å²) >= 11 is 0. The lowest BCUT2D eigenvalue weighted by molar-refractivity contribution is -0.120. The Balaban J connectivity index is 1.68. The van der Waals surface area contributed by atoms with Gasteiger partial charge in [-0.25, -0.2) is 0 Å². The third-order valence-corrected chi connectivity index (χ3v) is 5.39. The molecule has 0 fully saturated rings. The first kappa shape index (κ1) is 23.5. The van der Waals surface area contributed by atoms with Crippen molar-refractivity contribution < 1.29 is 24.2 Å². The van der Waals surface area contributed by atoms with Gasteiger partial charge in [0.25, 0.3) is 0 Å². The summed E-state index contributed by atoms with van der Waals surface area (Å²) in [4.78, 5) is 40.3. The molecule has 0 aromatic heterocycles. The van der Waals surface area contributed by atoms with Crippen molar-refractivity contribution in [1.29, 1.82) is 0 Å². The molecule has 1 heterocycles. The lowest BCUT2D eigenvalue weighted by Gasteiger charge is -2.16. The molecule has 0 saturated carbocycles. The molecular weight excluding hydrogens is 424 g/mol. The van der Waals surface area contributed by atoms with Crippen LogP contribution in [0.5, 0.6) is 11.5 Å². The molecule has 1 aliphatic rings. The van der Waals surface area contributed by atoms with Gasteiger partial charge in [-0.05, 0) is 42.7 Å². The average Bonchev–Trinajstić information content (AvgIpc) is 3.18. The second kappa shape index (κ2) is 10.4. The van der Waals surface area contributed by atoms with Crippen LogP contribution in [0.3, 0.4) is 0 Å². The molecule has 2 amide bonds. The largest absolute Gasteiger partial charge is 0.504 e. The first-order valence-corrected chi connectivity index (χ1v) is 10.3. The van der Waals surface area contributed by atoms with Gasteiger partial charge in [-0.3, -0.25) is 19.4 Å². The molecule has 2 aromatic carbocycles. The van der Waals surface area contributed by atoms with Crippen LogP contribution in [0.25, 0.3) is 5.57 Å². The van der Waals surface area contributed by atoms with Crippen LogP contribution < -0.4 is 15.4 Å². The molecule has 0 bridgehead atoms. The summed E-state index contributed by atoms with van der Waals surface area (Å²) in [5.41, 5.74) is 3.42. The number of nitrogens with zero attached hydrogens (tertiary/aromatic N) is 2. The van der Waals surface area contributed by atoms with E-state index in [0.717, 1.165) is 11.1 Å². The quantitative estimate of drug-likeness (QED) is 0.399. The number of anilines is 1. The van der Waals surface area contributed by atoms with E-state index >= 15 is 0 Å². The third kappa shape index (κ3) is 5.57. The smallest absolute Gasteiger partial charge is 0.246 e. The number of methoxy groups -OCH3 is 1. The van der Waals surface area contributed by atoms with E-state index in [-0.39, 0.29) is 23.4 Å². The van der Waals surface area contributed by atoms with Crippen LogP contribution in [0, 0.1) is 0 Å². The maximum atomic E-state index is 12.0. The number of rotatable bonds is 9. The zero-order valence-electron chi connectivity index (χ0n) is 18.6. The fourth-order valence-electron chi connectivity index (χ4n) is 3.42. The maximum absolute atomic E-state index is 12.0. The summed E-state index contributed by atoms with van der Waals surface area (Å²) in [7, 11) is 3.35. The molecule has 3 rings (SSSR count). The Bertz CT molecular complexity index is 1090. The third-order valence-electron chi connectivity index (χ3n) is 5.39. The van der Waals surface area contributed by atoms with Gasteiger partial charge < -0.3 is 25.4 Å². The van der Waals surface area contributed by atoms with Gasteiger partial charge in [-0.15, -0.1) is 0 Å². The van der Waals surface area contributed by atoms with Crippen molar-refractivity contribution in [3.63, 3.8) is 0 Å². The molecule has 2 aromatic rings. The van der Waals surface area contributed by atoms with Crippen LogP contribution in [0.15, 0.2) is 47.6 Å². The number of hydrogen-bond donors (Lipinski definition) is 3. The van der Waals surface area contributed by atoms with Gasteiger partial charge >= 0.3 is 0 Å². The maximum Gasteiger partial charge on any atom is 0.246 e. The molecule has 9 heteroatoms. The number of aldehydes is 1. The highest BCUT2D eigenvalue weighted by atomic mass is 16.5. The van der Waals surface area contributed by atoms with E-state index in [1.165, 1.54) is 19.2 Å². The standard InChI is InChI=1S/C24H26N4O5/c1-15(26-14-30)24(32)27-19-6-4-16(5-7-19)17-8-20(28(2)12-17)11-25-21-10-22(31)23(33-3)9-18(21)13-29/h4-7,9-15,20,31H,8H2,1-3H3,(H,26,30)(H,27,32). The number of nitrogens with one attached hydrogen (secondary N) is 2. The minimum atomic E-state index is -0.624. The second-order valence-electron chi connectivity index (χ2n) is 7.64. The van der Waals surface area contributed by atoms with Gasteiger partial charge in [0.15, 0.2) is 17.8 Å². The Morgan fingerprint density at radius 3 is 2.64 bits per heavy atom. The Labute approximate surface area is 191 Å². The number of phenols is 1. The summed E-state index contributed by atoms with van der Waals surface area (Å²) in [5, 5.41) is 15.2. The zero-order chi connectivity index (χ0) is 24.0. The van der Waals surface area contributed by atoms with Gasteiger partial charge in [0.1, 0.15) is 6.04 Å². The lowest BCUT2D eigenvalue weighted by atomic mass is 10.0. The van der Waals surface area contributed by atoms with Crippen molar-refractivity contribution >= 4 is 41.8 Å². The predicted octanol–water partition coefficient (Wildman–Crippen LogP) is 2.73. The first-order chi connectivity index (χ1) is 15.9. The highest BCUT2D eigenvalue weighted by Gasteiger charge is 2.21. The molecule has 1 aliphatic heterocycles. The summed E-state index contributed by atoms with van der Waals surface area (Å²) in [6.07, 6.45) is 5.63. The Morgan fingerprint density at radius 2 is 2.00 bits per heavy atom. The number of ether oxygens (including phenoxy) is 1. The van der Waals surface area contributed by atoms with Crippen molar-refractivity contribution in [1.82, 2.24) is 10.2 Å². The van der Waals surface area contributed by atoms with Crippen LogP contribution in [0.1, 0.15) is 29.3 Å². The molecule has 33 heavy (non-hydrogen) atoms. The van der Waals surface area contributed by atoms with E-state index in [0.29, 0.717) is 36.1 Å². The number of phenolic OH excluding ortho intramolecular Hbond substituents is 1. The Hall–Kier alpha value is -4.14. The van der Waals surface area contributed by atoms with E-state index in [1.54, 1.807) is 25.3 Å². The molecule has 2 atom stereocenters. The number of aromatic hydroxyl groups is 1. The predicted molar refractivity (Wildman–Crippen MR) is 126 cm³/mol. The summed E-state index contributed by atoms with van der Waals surface area (Å²) in [6.45, 7) is 1.60. The SMILES string of the molecule is COc1cc(C=O)c(N=CC2CC(c3ccc(NC(=O)C(C)NC=O)cc3)=CN2C)cc1O. The normalized spacial score (nSPS) is 16.3. The summed E-state index contributed by atoms with van der Waals surface area (Å²) in [5.74, 6) is -0.172. The fourth-order valence-corrected chi connectivity index (χ4v) is 3.42. The highest BCUT2D eigenvalue weighted by Crippen LogP contribution is 2.34. The van der Waals surface area contributed by atoms with Gasteiger partial charge in [-0.2, -0.15) is 0 Å². The van der Waals surface area contributed by atoms with E-state index in [4.69, 9.17) is 4.74 Å². The van der Waals surface area contributed by atoms with Crippen LogP contribution in [0.2, 0.25) is 0 Å². The second-order valence-corrected chi connectivity index (χ2v) is 7.64. The van der Waals surface area contributed by atoms with E-state index in [2.05, 4.69) is 15.6 Å². The molecule has 0 aliphatic carbocycles. The van der Waals surface area contributed by atoms with E-state index in [9.17, 15) is 19.5 Å². The monoisotopic (exact) mass is 450 g/mol. The molecule has 172 valence electrons. The number of hydrogen-bond acceptors (Lipinski definition) is 7. The number of benzene rings is 2. The molecule has 0 spiro atoms. The highest BCUT2D eigenvalue weighted by molar-refractivity contribution is 5.95. The van der Waals surface area contributed by atoms with Gasteiger partial charge in [-0.1, -0.05) is 12.1 Å². The van der Waals surface area contributed by atoms with Crippen LogP contribution in [-0.4, -0.2) is 61.1 Å². The minimum absolute atomic E-state index is 0.0293. The molecule has 0 radical (unpaired) electrons. The van der Waals surface area contributed by atoms with Crippen molar-refractivity contribution in [3.05, 3.63) is 53.7 Å². The molecule has 2 unspecified atom stereocenters. The Kier molecular flexibility index (Phi) is 7.45. The van der Waals surface area contributed by atoms with Crippen molar-refractivity contribution in [2.24, 2.45) is 4.99 Å². The van der Waals surface area contributed by atoms with E-state index in [1.807, 2.05) is 30.3 Å². The number of aliphatic imine (C=N–C) groups is 1. The summed E-state index contributed by atoms with van der Waals surface area (Å²) < 4.78 is 5.04. The van der Waals surface area contributed by atoms with Crippen LogP contribution >= 0.6 is 0 Å². The zero-order valence-corrected chi connectivity index (χ0v) is 18.6. The van der Waals surface area contributed by atoms with Crippen molar-refractivity contribution in [2.45, 2.75) is 25.4 Å². The topological polar surface area (TPSA) is 120 Å². The number of amides is 2. The minimum Gasteiger partial charge on any atom is -0.504 e. The number of carbonyl (C=O) groups excluding carboxylic acids is 3.